The highest BCUT2D eigenvalue weighted by atomic mass is 16.5. The number of carbonyl (C=O) groups is 3. The Balaban J connectivity index is 2.05. The number of benzene rings is 1. The van der Waals surface area contributed by atoms with E-state index in [0.717, 1.165) is 0 Å². The molecule has 0 aromatic heterocycles. The molecule has 1 aromatic rings. The molecule has 1 aromatic carbocycles. The molecule has 1 saturated heterocycles. The second kappa shape index (κ2) is 7.21. The van der Waals surface area contributed by atoms with Crippen molar-refractivity contribution in [3.05, 3.63) is 35.4 Å². The van der Waals surface area contributed by atoms with Gasteiger partial charge in [0.25, 0.3) is 0 Å². The Morgan fingerprint density at radius 3 is 2.61 bits per heavy atom. The molecule has 0 saturated carbocycles. The van der Waals surface area contributed by atoms with E-state index in [1.165, 1.54) is 13.2 Å². The van der Waals surface area contributed by atoms with Crippen molar-refractivity contribution in [1.82, 2.24) is 16.2 Å². The second-order valence-corrected chi connectivity index (χ2v) is 5.31. The normalized spacial score (nSPS) is 23.3. The molecule has 2 rings (SSSR count). The fourth-order valence-corrected chi connectivity index (χ4v) is 2.57. The number of rotatable bonds is 5. The standard InChI is InChI=1S/C15H19N3O5/c1-8-12(15(22)23-2)13(18-17-8)16-11(19)7-9-5-3-4-6-10(9)14(20)21/h3-6,8,12-13,17-18H,7H2,1-2H3,(H,16,19)(H,20,21). The number of carbonyl (C=O) groups excluding carboxylic acids is 2. The van der Waals surface area contributed by atoms with Gasteiger partial charge in [-0.25, -0.2) is 10.2 Å². The van der Waals surface area contributed by atoms with Gasteiger partial charge in [-0.2, -0.15) is 0 Å². The van der Waals surface area contributed by atoms with Crippen molar-refractivity contribution < 1.29 is 24.2 Å². The largest absolute Gasteiger partial charge is 0.478 e. The number of amides is 1. The van der Waals surface area contributed by atoms with Gasteiger partial charge < -0.3 is 15.2 Å². The highest BCUT2D eigenvalue weighted by molar-refractivity contribution is 5.91. The molecule has 0 aliphatic carbocycles. The van der Waals surface area contributed by atoms with E-state index in [2.05, 4.69) is 16.2 Å². The van der Waals surface area contributed by atoms with E-state index >= 15 is 0 Å². The Morgan fingerprint density at radius 2 is 1.96 bits per heavy atom. The van der Waals surface area contributed by atoms with Crippen molar-refractivity contribution in [2.24, 2.45) is 5.92 Å². The molecule has 1 aliphatic heterocycles. The van der Waals surface area contributed by atoms with E-state index in [1.807, 2.05) is 0 Å². The van der Waals surface area contributed by atoms with Gasteiger partial charge in [0.05, 0.1) is 19.1 Å². The predicted octanol–water partition coefficient (Wildman–Crippen LogP) is -0.345. The average molecular weight is 321 g/mol. The summed E-state index contributed by atoms with van der Waals surface area (Å²) in [5.41, 5.74) is 6.19. The number of hydrogen-bond acceptors (Lipinski definition) is 6. The first kappa shape index (κ1) is 16.9. The van der Waals surface area contributed by atoms with Crippen LogP contribution >= 0.6 is 0 Å². The zero-order chi connectivity index (χ0) is 17.0. The zero-order valence-corrected chi connectivity index (χ0v) is 12.8. The van der Waals surface area contributed by atoms with Crippen molar-refractivity contribution in [3.8, 4) is 0 Å². The molecular weight excluding hydrogens is 302 g/mol. The molecule has 0 spiro atoms. The number of methoxy groups -OCH3 is 1. The van der Waals surface area contributed by atoms with Crippen LogP contribution in [0.4, 0.5) is 0 Å². The Labute approximate surface area is 133 Å². The average Bonchev–Trinajstić information content (AvgIpc) is 2.87. The van der Waals surface area contributed by atoms with Crippen LogP contribution in [0.15, 0.2) is 24.3 Å². The van der Waals surface area contributed by atoms with Crippen molar-refractivity contribution in [2.45, 2.75) is 25.6 Å². The lowest BCUT2D eigenvalue weighted by molar-refractivity contribution is -0.146. The molecule has 3 atom stereocenters. The summed E-state index contributed by atoms with van der Waals surface area (Å²) in [6.45, 7) is 1.79. The number of nitrogens with one attached hydrogen (secondary N) is 3. The maximum Gasteiger partial charge on any atom is 0.335 e. The van der Waals surface area contributed by atoms with Crippen LogP contribution in [0.2, 0.25) is 0 Å². The summed E-state index contributed by atoms with van der Waals surface area (Å²) in [6, 6.07) is 6.09. The van der Waals surface area contributed by atoms with Gasteiger partial charge in [0.1, 0.15) is 12.1 Å². The zero-order valence-electron chi connectivity index (χ0n) is 12.8. The van der Waals surface area contributed by atoms with Crippen molar-refractivity contribution >= 4 is 17.8 Å². The lowest BCUT2D eigenvalue weighted by atomic mass is 10.00. The third kappa shape index (κ3) is 3.85. The number of carboxylic acid groups (broad SMARTS) is 1. The van der Waals surface area contributed by atoms with Crippen molar-refractivity contribution in [3.63, 3.8) is 0 Å². The molecule has 8 nitrogen and oxygen atoms in total. The third-order valence-corrected chi connectivity index (χ3v) is 3.75. The summed E-state index contributed by atoms with van der Waals surface area (Å²) in [7, 11) is 1.29. The number of esters is 1. The summed E-state index contributed by atoms with van der Waals surface area (Å²) in [6.07, 6.45) is -0.718. The number of hydrazine groups is 1. The Hall–Kier alpha value is -2.45. The highest BCUT2D eigenvalue weighted by Gasteiger charge is 2.40. The molecule has 124 valence electrons. The fraction of sp³-hybridized carbons (Fsp3) is 0.400. The highest BCUT2D eigenvalue weighted by Crippen LogP contribution is 2.15. The Bertz CT molecular complexity index is 619. The van der Waals surface area contributed by atoms with Gasteiger partial charge in [-0.3, -0.25) is 15.0 Å². The van der Waals surface area contributed by atoms with Gasteiger partial charge in [0, 0.05) is 6.04 Å². The summed E-state index contributed by atoms with van der Waals surface area (Å²) in [5, 5.41) is 11.8. The second-order valence-electron chi connectivity index (χ2n) is 5.31. The third-order valence-electron chi connectivity index (χ3n) is 3.75. The lowest BCUT2D eigenvalue weighted by Crippen LogP contribution is -2.49. The van der Waals surface area contributed by atoms with Crippen LogP contribution in [0.3, 0.4) is 0 Å². The minimum atomic E-state index is -1.09. The van der Waals surface area contributed by atoms with Gasteiger partial charge >= 0.3 is 11.9 Å². The molecule has 1 amide bonds. The molecule has 8 heteroatoms. The smallest absolute Gasteiger partial charge is 0.335 e. The first-order valence-corrected chi connectivity index (χ1v) is 7.13. The van der Waals surface area contributed by atoms with E-state index in [0.29, 0.717) is 5.56 Å². The van der Waals surface area contributed by atoms with E-state index in [4.69, 9.17) is 9.84 Å². The number of aromatic carboxylic acids is 1. The van der Waals surface area contributed by atoms with E-state index < -0.39 is 24.0 Å². The van der Waals surface area contributed by atoms with Crippen LogP contribution in [0, 0.1) is 5.92 Å². The summed E-state index contributed by atoms with van der Waals surface area (Å²) in [5.74, 6) is -2.49. The van der Waals surface area contributed by atoms with Gasteiger partial charge in [0.15, 0.2) is 0 Å². The summed E-state index contributed by atoms with van der Waals surface area (Å²) < 4.78 is 4.74. The topological polar surface area (TPSA) is 117 Å². The molecule has 1 fully saturated rings. The first-order chi connectivity index (χ1) is 10.9. The van der Waals surface area contributed by atoms with Gasteiger partial charge in [0.2, 0.25) is 5.91 Å². The number of ether oxygens (including phenoxy) is 1. The van der Waals surface area contributed by atoms with Crippen molar-refractivity contribution in [2.75, 3.05) is 7.11 Å². The number of hydrogen-bond donors (Lipinski definition) is 4. The fourth-order valence-electron chi connectivity index (χ4n) is 2.57. The first-order valence-electron chi connectivity index (χ1n) is 7.13. The predicted molar refractivity (Wildman–Crippen MR) is 80.3 cm³/mol. The van der Waals surface area contributed by atoms with Gasteiger partial charge in [-0.1, -0.05) is 18.2 Å². The molecule has 0 bridgehead atoms. The quantitative estimate of drug-likeness (QED) is 0.548. The minimum Gasteiger partial charge on any atom is -0.478 e. The number of carboxylic acids is 1. The maximum atomic E-state index is 12.2. The molecule has 1 aliphatic rings. The van der Waals surface area contributed by atoms with Crippen LogP contribution in [-0.2, 0) is 20.7 Å². The summed E-state index contributed by atoms with van der Waals surface area (Å²) in [4.78, 5) is 35.1. The summed E-state index contributed by atoms with van der Waals surface area (Å²) >= 11 is 0. The van der Waals surface area contributed by atoms with Crippen LogP contribution in [-0.4, -0.2) is 42.3 Å². The van der Waals surface area contributed by atoms with Gasteiger partial charge in [-0.15, -0.1) is 0 Å². The minimum absolute atomic E-state index is 0.0815. The van der Waals surface area contributed by atoms with Crippen LogP contribution < -0.4 is 16.2 Å². The molecule has 0 radical (unpaired) electrons. The van der Waals surface area contributed by atoms with E-state index in [9.17, 15) is 14.4 Å². The Morgan fingerprint density at radius 1 is 1.26 bits per heavy atom. The van der Waals surface area contributed by atoms with Crippen LogP contribution in [0.25, 0.3) is 0 Å². The molecule has 3 unspecified atom stereocenters. The Kier molecular flexibility index (Phi) is 5.30. The molecule has 1 heterocycles. The van der Waals surface area contributed by atoms with Crippen LogP contribution in [0.1, 0.15) is 22.8 Å². The monoisotopic (exact) mass is 321 g/mol. The molecular formula is C15H19N3O5. The van der Waals surface area contributed by atoms with E-state index in [-0.39, 0.29) is 23.9 Å². The molecule has 4 N–H and O–H groups in total. The SMILES string of the molecule is COC(=O)C1C(C)NNC1NC(=O)Cc1ccccc1C(=O)O. The maximum absolute atomic E-state index is 12.2. The van der Waals surface area contributed by atoms with Gasteiger partial charge in [-0.05, 0) is 18.6 Å². The lowest BCUT2D eigenvalue weighted by Gasteiger charge is -2.19. The van der Waals surface area contributed by atoms with Crippen LogP contribution in [0.5, 0.6) is 0 Å². The van der Waals surface area contributed by atoms with Crippen molar-refractivity contribution in [1.29, 1.82) is 0 Å². The molecule has 23 heavy (non-hydrogen) atoms. The van der Waals surface area contributed by atoms with E-state index in [1.54, 1.807) is 25.1 Å².